The Morgan fingerprint density at radius 2 is 2.20 bits per heavy atom. The first-order chi connectivity index (χ1) is 7.04. The van der Waals surface area contributed by atoms with E-state index < -0.39 is 11.0 Å². The Morgan fingerprint density at radius 1 is 1.53 bits per heavy atom. The van der Waals surface area contributed by atoms with Crippen molar-refractivity contribution in [2.75, 3.05) is 6.61 Å². The second-order valence-corrected chi connectivity index (χ2v) is 4.08. The van der Waals surface area contributed by atoms with Crippen LogP contribution in [0.3, 0.4) is 0 Å². The van der Waals surface area contributed by atoms with Gasteiger partial charge in [0.05, 0.1) is 0 Å². The maximum atomic E-state index is 11.2. The highest BCUT2D eigenvalue weighted by atomic mass is 35.5. The van der Waals surface area contributed by atoms with Crippen molar-refractivity contribution in [3.05, 3.63) is 12.7 Å². The Balaban J connectivity index is 3.82. The molecule has 1 N–H and O–H groups in total. The highest BCUT2D eigenvalue weighted by Crippen LogP contribution is 2.21. The van der Waals surface area contributed by atoms with Crippen LogP contribution in [0.15, 0.2) is 12.7 Å². The van der Waals surface area contributed by atoms with E-state index in [2.05, 4.69) is 18.2 Å². The van der Waals surface area contributed by atoms with Crippen molar-refractivity contribution in [3.8, 4) is 0 Å². The zero-order chi connectivity index (χ0) is 11.7. The molecule has 3 nitrogen and oxygen atoms in total. The number of unbranched alkanes of at least 4 members (excludes halogenated alkanes) is 3. The molecule has 0 amide bonds. The number of ether oxygens (including phenoxy) is 1. The molecule has 0 aliphatic heterocycles. The fourth-order valence-electron chi connectivity index (χ4n) is 1.13. The van der Waals surface area contributed by atoms with Crippen molar-refractivity contribution in [2.24, 2.45) is 0 Å². The zero-order valence-corrected chi connectivity index (χ0v) is 9.92. The van der Waals surface area contributed by atoms with Gasteiger partial charge >= 0.3 is 5.97 Å². The summed E-state index contributed by atoms with van der Waals surface area (Å²) in [4.78, 5) is 11.2. The Kier molecular flexibility index (Phi) is 7.44. The smallest absolute Gasteiger partial charge is 0.354 e. The van der Waals surface area contributed by atoms with Gasteiger partial charge in [-0.25, -0.2) is 4.79 Å². The molecule has 1 atom stereocenters. The van der Waals surface area contributed by atoms with Gasteiger partial charge in [0.2, 0.25) is 5.06 Å². The van der Waals surface area contributed by atoms with Crippen LogP contribution in [0.4, 0.5) is 0 Å². The second-order valence-electron chi connectivity index (χ2n) is 3.46. The SMILES string of the molecule is C=CCOC(=O)C(O)(Cl)CCCCCC. The van der Waals surface area contributed by atoms with Gasteiger partial charge in [0.15, 0.2) is 0 Å². The van der Waals surface area contributed by atoms with Crippen molar-refractivity contribution in [2.45, 2.75) is 44.1 Å². The largest absolute Gasteiger partial charge is 0.458 e. The second kappa shape index (κ2) is 7.71. The van der Waals surface area contributed by atoms with E-state index >= 15 is 0 Å². The third kappa shape index (κ3) is 6.52. The van der Waals surface area contributed by atoms with E-state index in [1.165, 1.54) is 6.08 Å². The van der Waals surface area contributed by atoms with Gasteiger partial charge in [-0.15, -0.1) is 0 Å². The van der Waals surface area contributed by atoms with Crippen LogP contribution in [-0.4, -0.2) is 22.7 Å². The van der Waals surface area contributed by atoms with Gasteiger partial charge in [0.1, 0.15) is 6.61 Å². The Labute approximate surface area is 96.1 Å². The van der Waals surface area contributed by atoms with E-state index in [4.69, 9.17) is 11.6 Å². The molecule has 0 heterocycles. The summed E-state index contributed by atoms with van der Waals surface area (Å²) in [5, 5.41) is 7.69. The topological polar surface area (TPSA) is 46.5 Å². The first-order valence-corrected chi connectivity index (χ1v) is 5.61. The Bertz CT molecular complexity index is 202. The number of hydrogen-bond acceptors (Lipinski definition) is 3. The van der Waals surface area contributed by atoms with Gasteiger partial charge in [-0.05, 0) is 6.42 Å². The molecule has 0 radical (unpaired) electrons. The van der Waals surface area contributed by atoms with Crippen LogP contribution in [-0.2, 0) is 9.53 Å². The van der Waals surface area contributed by atoms with E-state index in [9.17, 15) is 9.90 Å². The number of esters is 1. The number of hydrogen-bond donors (Lipinski definition) is 1. The predicted octanol–water partition coefficient (Wildman–Crippen LogP) is 2.61. The molecule has 0 aliphatic rings. The summed E-state index contributed by atoms with van der Waals surface area (Å²) < 4.78 is 4.67. The van der Waals surface area contributed by atoms with E-state index in [-0.39, 0.29) is 13.0 Å². The predicted molar refractivity (Wildman–Crippen MR) is 60.7 cm³/mol. The van der Waals surface area contributed by atoms with Crippen molar-refractivity contribution < 1.29 is 14.6 Å². The highest BCUT2D eigenvalue weighted by molar-refractivity contribution is 6.32. The molecule has 0 spiro atoms. The third-order valence-electron chi connectivity index (χ3n) is 2.01. The zero-order valence-electron chi connectivity index (χ0n) is 9.17. The number of alkyl halides is 1. The van der Waals surface area contributed by atoms with Crippen LogP contribution in [0.2, 0.25) is 0 Å². The summed E-state index contributed by atoms with van der Waals surface area (Å²) in [7, 11) is 0. The molecule has 0 aromatic heterocycles. The molecule has 0 aromatic carbocycles. The Morgan fingerprint density at radius 3 is 2.73 bits per heavy atom. The van der Waals surface area contributed by atoms with Gasteiger partial charge in [-0.3, -0.25) is 0 Å². The number of halogens is 1. The third-order valence-corrected chi connectivity index (χ3v) is 2.35. The lowest BCUT2D eigenvalue weighted by Gasteiger charge is -2.18. The number of carbonyl (C=O) groups excluding carboxylic acids is 1. The minimum Gasteiger partial charge on any atom is -0.458 e. The number of rotatable bonds is 8. The fraction of sp³-hybridized carbons (Fsp3) is 0.727. The first kappa shape index (κ1) is 14.5. The summed E-state index contributed by atoms with van der Waals surface area (Å²) in [5.74, 6) is -0.791. The standard InChI is InChI=1S/C11H19ClO3/c1-3-5-6-7-8-11(12,14)10(13)15-9-4-2/h4,14H,2-3,5-9H2,1H3. The highest BCUT2D eigenvalue weighted by Gasteiger charge is 2.34. The minimum absolute atomic E-state index is 0.0722. The van der Waals surface area contributed by atoms with Crippen LogP contribution in [0.1, 0.15) is 39.0 Å². The molecule has 0 fully saturated rings. The van der Waals surface area contributed by atoms with Crippen molar-refractivity contribution >= 4 is 17.6 Å². The van der Waals surface area contributed by atoms with Gasteiger partial charge in [0, 0.05) is 6.42 Å². The summed E-state index contributed by atoms with van der Waals surface area (Å²) in [6.45, 7) is 5.56. The van der Waals surface area contributed by atoms with Crippen LogP contribution in [0, 0.1) is 0 Å². The van der Waals surface area contributed by atoms with E-state index in [0.717, 1.165) is 25.7 Å². The molecule has 0 bridgehead atoms. The van der Waals surface area contributed by atoms with Crippen LogP contribution in [0.5, 0.6) is 0 Å². The van der Waals surface area contributed by atoms with Gasteiger partial charge < -0.3 is 9.84 Å². The molecule has 0 saturated heterocycles. The van der Waals surface area contributed by atoms with E-state index in [1.807, 2.05) is 0 Å². The van der Waals surface area contributed by atoms with Gasteiger partial charge in [0.25, 0.3) is 0 Å². The molecule has 0 rings (SSSR count). The quantitative estimate of drug-likeness (QED) is 0.304. The van der Waals surface area contributed by atoms with E-state index in [0.29, 0.717) is 0 Å². The maximum Gasteiger partial charge on any atom is 0.354 e. The number of aliphatic hydroxyl groups is 1. The molecule has 0 saturated carbocycles. The van der Waals surface area contributed by atoms with Gasteiger partial charge in [-0.1, -0.05) is 50.4 Å². The molecule has 88 valence electrons. The lowest BCUT2D eigenvalue weighted by molar-refractivity contribution is -0.156. The molecular formula is C11H19ClO3. The van der Waals surface area contributed by atoms with E-state index in [1.54, 1.807) is 0 Å². The van der Waals surface area contributed by atoms with Gasteiger partial charge in [-0.2, -0.15) is 0 Å². The Hall–Kier alpha value is -0.540. The lowest BCUT2D eigenvalue weighted by Crippen LogP contribution is -2.34. The summed E-state index contributed by atoms with van der Waals surface area (Å²) in [6, 6.07) is 0. The average molecular weight is 235 g/mol. The van der Waals surface area contributed by atoms with Crippen molar-refractivity contribution in [1.29, 1.82) is 0 Å². The van der Waals surface area contributed by atoms with Crippen LogP contribution >= 0.6 is 11.6 Å². The average Bonchev–Trinajstić information content (AvgIpc) is 2.21. The lowest BCUT2D eigenvalue weighted by atomic mass is 10.1. The normalized spacial score (nSPS) is 14.3. The molecular weight excluding hydrogens is 216 g/mol. The van der Waals surface area contributed by atoms with Crippen LogP contribution in [0.25, 0.3) is 0 Å². The fourth-order valence-corrected chi connectivity index (χ4v) is 1.32. The first-order valence-electron chi connectivity index (χ1n) is 5.24. The van der Waals surface area contributed by atoms with Crippen molar-refractivity contribution in [3.63, 3.8) is 0 Å². The minimum atomic E-state index is -1.88. The summed E-state index contributed by atoms with van der Waals surface area (Å²) >= 11 is 5.65. The molecule has 15 heavy (non-hydrogen) atoms. The summed E-state index contributed by atoms with van der Waals surface area (Å²) in [6.07, 6.45) is 5.51. The number of carbonyl (C=O) groups is 1. The maximum absolute atomic E-state index is 11.2. The molecule has 0 aromatic rings. The molecule has 1 unspecified atom stereocenters. The molecule has 0 aliphatic carbocycles. The molecule has 4 heteroatoms. The van der Waals surface area contributed by atoms with Crippen molar-refractivity contribution in [1.82, 2.24) is 0 Å². The summed E-state index contributed by atoms with van der Waals surface area (Å²) in [5.41, 5.74) is 0. The van der Waals surface area contributed by atoms with Crippen LogP contribution < -0.4 is 0 Å². The monoisotopic (exact) mass is 234 g/mol.